The first kappa shape index (κ1) is 9.48. The van der Waals surface area contributed by atoms with Gasteiger partial charge in [-0.1, -0.05) is 19.3 Å². The molecule has 70 valence electrons. The summed E-state index contributed by atoms with van der Waals surface area (Å²) < 4.78 is 0. The first-order valence-corrected chi connectivity index (χ1v) is 4.40. The van der Waals surface area contributed by atoms with E-state index in [1.807, 2.05) is 0 Å². The van der Waals surface area contributed by atoms with Crippen molar-refractivity contribution in [3.8, 4) is 0 Å². The molecule has 0 atom stereocenters. The minimum atomic E-state index is -1.14. The third-order valence-electron chi connectivity index (χ3n) is 2.37. The van der Waals surface area contributed by atoms with E-state index in [-0.39, 0.29) is 12.6 Å². The van der Waals surface area contributed by atoms with Crippen LogP contribution in [-0.4, -0.2) is 23.3 Å². The number of rotatable bonds is 2. The SMILES string of the molecule is NCNC(=O)C1(O)CCCCC1. The van der Waals surface area contributed by atoms with Crippen molar-refractivity contribution in [2.24, 2.45) is 5.73 Å². The molecule has 0 aromatic rings. The molecule has 1 rings (SSSR count). The van der Waals surface area contributed by atoms with Crippen LogP contribution in [0.3, 0.4) is 0 Å². The molecular weight excluding hydrogens is 156 g/mol. The Bertz CT molecular complexity index is 164. The zero-order chi connectivity index (χ0) is 9.03. The van der Waals surface area contributed by atoms with E-state index in [2.05, 4.69) is 5.32 Å². The summed E-state index contributed by atoms with van der Waals surface area (Å²) in [7, 11) is 0. The van der Waals surface area contributed by atoms with E-state index < -0.39 is 5.60 Å². The zero-order valence-corrected chi connectivity index (χ0v) is 7.18. The monoisotopic (exact) mass is 172 g/mol. The topological polar surface area (TPSA) is 75.3 Å². The first-order chi connectivity index (χ1) is 5.69. The smallest absolute Gasteiger partial charge is 0.252 e. The average molecular weight is 172 g/mol. The minimum absolute atomic E-state index is 0.0984. The number of nitrogens with two attached hydrogens (primary N) is 1. The molecule has 1 aliphatic rings. The van der Waals surface area contributed by atoms with Gasteiger partial charge in [-0.15, -0.1) is 0 Å². The highest BCUT2D eigenvalue weighted by Crippen LogP contribution is 2.27. The Hall–Kier alpha value is -0.610. The van der Waals surface area contributed by atoms with E-state index in [0.29, 0.717) is 12.8 Å². The van der Waals surface area contributed by atoms with Gasteiger partial charge in [0.2, 0.25) is 0 Å². The molecule has 4 nitrogen and oxygen atoms in total. The summed E-state index contributed by atoms with van der Waals surface area (Å²) in [6, 6.07) is 0. The van der Waals surface area contributed by atoms with Gasteiger partial charge in [-0.05, 0) is 12.8 Å². The fraction of sp³-hybridized carbons (Fsp3) is 0.875. The standard InChI is InChI=1S/C8H16N2O2/c9-6-10-7(11)8(12)4-2-1-3-5-8/h12H,1-6,9H2,(H,10,11). The fourth-order valence-corrected chi connectivity index (χ4v) is 1.62. The second-order valence-electron chi connectivity index (χ2n) is 3.30. The minimum Gasteiger partial charge on any atom is -0.380 e. The molecule has 12 heavy (non-hydrogen) atoms. The lowest BCUT2D eigenvalue weighted by Gasteiger charge is -2.30. The molecule has 1 amide bonds. The summed E-state index contributed by atoms with van der Waals surface area (Å²) >= 11 is 0. The lowest BCUT2D eigenvalue weighted by molar-refractivity contribution is -0.142. The molecule has 0 saturated heterocycles. The van der Waals surface area contributed by atoms with Gasteiger partial charge in [-0.25, -0.2) is 0 Å². The van der Waals surface area contributed by atoms with Crippen LogP contribution >= 0.6 is 0 Å². The van der Waals surface area contributed by atoms with Gasteiger partial charge in [0.1, 0.15) is 5.60 Å². The van der Waals surface area contributed by atoms with Crippen LogP contribution in [0, 0.1) is 0 Å². The number of nitrogens with one attached hydrogen (secondary N) is 1. The molecule has 0 aliphatic heterocycles. The molecule has 4 N–H and O–H groups in total. The maximum absolute atomic E-state index is 11.3. The van der Waals surface area contributed by atoms with Crippen LogP contribution in [-0.2, 0) is 4.79 Å². The molecule has 1 aliphatic carbocycles. The van der Waals surface area contributed by atoms with Crippen molar-refractivity contribution in [2.45, 2.75) is 37.7 Å². The Kier molecular flexibility index (Phi) is 3.05. The number of hydrogen-bond donors (Lipinski definition) is 3. The largest absolute Gasteiger partial charge is 0.380 e. The number of amides is 1. The highest BCUT2D eigenvalue weighted by Gasteiger charge is 2.36. The number of aliphatic hydroxyl groups is 1. The van der Waals surface area contributed by atoms with Gasteiger partial charge < -0.3 is 16.2 Å². The second-order valence-corrected chi connectivity index (χ2v) is 3.30. The van der Waals surface area contributed by atoms with Crippen molar-refractivity contribution < 1.29 is 9.90 Å². The van der Waals surface area contributed by atoms with Gasteiger partial charge in [-0.2, -0.15) is 0 Å². The van der Waals surface area contributed by atoms with Crippen molar-refractivity contribution in [1.29, 1.82) is 0 Å². The van der Waals surface area contributed by atoms with E-state index in [1.54, 1.807) is 0 Å². The highest BCUT2D eigenvalue weighted by atomic mass is 16.3. The van der Waals surface area contributed by atoms with Crippen molar-refractivity contribution in [3.63, 3.8) is 0 Å². The summed E-state index contributed by atoms with van der Waals surface area (Å²) in [5.41, 5.74) is 4.01. The maximum Gasteiger partial charge on any atom is 0.252 e. The van der Waals surface area contributed by atoms with Crippen molar-refractivity contribution >= 4 is 5.91 Å². The Morgan fingerprint density at radius 1 is 1.42 bits per heavy atom. The molecule has 0 spiro atoms. The van der Waals surface area contributed by atoms with Crippen molar-refractivity contribution in [3.05, 3.63) is 0 Å². The van der Waals surface area contributed by atoms with Crippen LogP contribution in [0.5, 0.6) is 0 Å². The van der Waals surface area contributed by atoms with Crippen molar-refractivity contribution in [1.82, 2.24) is 5.32 Å². The summed E-state index contributed by atoms with van der Waals surface area (Å²) in [5, 5.41) is 12.2. The molecule has 1 fully saturated rings. The summed E-state index contributed by atoms with van der Waals surface area (Å²) in [6.07, 6.45) is 4.10. The summed E-state index contributed by atoms with van der Waals surface area (Å²) in [5.74, 6) is -0.315. The zero-order valence-electron chi connectivity index (χ0n) is 7.18. The first-order valence-electron chi connectivity index (χ1n) is 4.40. The lowest BCUT2D eigenvalue weighted by atomic mass is 9.84. The highest BCUT2D eigenvalue weighted by molar-refractivity contribution is 5.84. The maximum atomic E-state index is 11.3. The van der Waals surface area contributed by atoms with Gasteiger partial charge in [0.25, 0.3) is 5.91 Å². The van der Waals surface area contributed by atoms with Gasteiger partial charge in [-0.3, -0.25) is 4.79 Å². The molecule has 0 aromatic carbocycles. The van der Waals surface area contributed by atoms with Gasteiger partial charge >= 0.3 is 0 Å². The van der Waals surface area contributed by atoms with Crippen LogP contribution in [0.1, 0.15) is 32.1 Å². The van der Waals surface area contributed by atoms with E-state index in [0.717, 1.165) is 19.3 Å². The van der Waals surface area contributed by atoms with Crippen LogP contribution in [0.2, 0.25) is 0 Å². The van der Waals surface area contributed by atoms with Crippen LogP contribution < -0.4 is 11.1 Å². The Morgan fingerprint density at radius 3 is 2.50 bits per heavy atom. The summed E-state index contributed by atoms with van der Waals surface area (Å²) in [4.78, 5) is 11.3. The lowest BCUT2D eigenvalue weighted by Crippen LogP contribution is -2.49. The second kappa shape index (κ2) is 3.87. The Morgan fingerprint density at radius 2 is 2.00 bits per heavy atom. The molecular formula is C8H16N2O2. The molecule has 0 radical (unpaired) electrons. The summed E-state index contributed by atoms with van der Waals surface area (Å²) in [6.45, 7) is 0.0984. The van der Waals surface area contributed by atoms with Gasteiger partial charge in [0.15, 0.2) is 0 Å². The Labute approximate surface area is 72.1 Å². The molecule has 1 saturated carbocycles. The number of hydrogen-bond acceptors (Lipinski definition) is 3. The van der Waals surface area contributed by atoms with E-state index in [9.17, 15) is 9.90 Å². The fourth-order valence-electron chi connectivity index (χ4n) is 1.62. The third kappa shape index (κ3) is 1.95. The molecule has 0 unspecified atom stereocenters. The molecule has 0 aromatic heterocycles. The van der Waals surface area contributed by atoms with E-state index in [1.165, 1.54) is 0 Å². The molecule has 4 heteroatoms. The van der Waals surface area contributed by atoms with Gasteiger partial charge in [0, 0.05) is 0 Å². The number of carbonyl (C=O) groups excluding carboxylic acids is 1. The predicted octanol–water partition coefficient (Wildman–Crippen LogP) is -0.286. The van der Waals surface area contributed by atoms with Crippen LogP contribution in [0.25, 0.3) is 0 Å². The quantitative estimate of drug-likeness (QED) is 0.501. The predicted molar refractivity (Wildman–Crippen MR) is 45.2 cm³/mol. The van der Waals surface area contributed by atoms with Crippen LogP contribution in [0.15, 0.2) is 0 Å². The third-order valence-corrected chi connectivity index (χ3v) is 2.37. The van der Waals surface area contributed by atoms with E-state index in [4.69, 9.17) is 5.73 Å². The van der Waals surface area contributed by atoms with Crippen LogP contribution in [0.4, 0.5) is 0 Å². The number of carbonyl (C=O) groups is 1. The molecule has 0 heterocycles. The Balaban J connectivity index is 2.50. The van der Waals surface area contributed by atoms with E-state index >= 15 is 0 Å². The van der Waals surface area contributed by atoms with Crippen molar-refractivity contribution in [2.75, 3.05) is 6.67 Å². The normalized spacial score (nSPS) is 21.8. The van der Waals surface area contributed by atoms with Gasteiger partial charge in [0.05, 0.1) is 6.67 Å². The average Bonchev–Trinajstić information content (AvgIpc) is 2.06. The molecule has 0 bridgehead atoms.